The molecule has 2 heterocycles. The summed E-state index contributed by atoms with van der Waals surface area (Å²) in [6, 6.07) is 8.08. The summed E-state index contributed by atoms with van der Waals surface area (Å²) in [6.07, 6.45) is -0.416. The fourth-order valence-electron chi connectivity index (χ4n) is 2.47. The van der Waals surface area contributed by atoms with E-state index in [9.17, 15) is 5.11 Å². The molecule has 0 saturated heterocycles. The summed E-state index contributed by atoms with van der Waals surface area (Å²) in [6.45, 7) is 7.04. The van der Waals surface area contributed by atoms with Gasteiger partial charge < -0.3 is 15.0 Å². The first kappa shape index (κ1) is 15.0. The SMILES string of the molecule is Cc1nc(C)c(Cn2c(NCC(C)O)nc3ccccc32)s1. The Morgan fingerprint density at radius 1 is 1.27 bits per heavy atom. The number of aliphatic hydroxyl groups is 1. The number of hydrogen-bond donors (Lipinski definition) is 2. The van der Waals surface area contributed by atoms with Crippen LogP contribution in [0.1, 0.15) is 22.5 Å². The summed E-state index contributed by atoms with van der Waals surface area (Å²) in [5.41, 5.74) is 3.11. The van der Waals surface area contributed by atoms with E-state index in [1.165, 1.54) is 4.88 Å². The predicted molar refractivity (Wildman–Crippen MR) is 90.6 cm³/mol. The molecule has 0 radical (unpaired) electrons. The van der Waals surface area contributed by atoms with Gasteiger partial charge in [-0.3, -0.25) is 0 Å². The highest BCUT2D eigenvalue weighted by molar-refractivity contribution is 7.11. The van der Waals surface area contributed by atoms with Crippen molar-refractivity contribution in [2.45, 2.75) is 33.4 Å². The Morgan fingerprint density at radius 2 is 2.05 bits per heavy atom. The molecule has 5 nitrogen and oxygen atoms in total. The van der Waals surface area contributed by atoms with Gasteiger partial charge in [0.05, 0.1) is 34.4 Å². The number of aromatic nitrogens is 3. The van der Waals surface area contributed by atoms with Gasteiger partial charge in [0.1, 0.15) is 0 Å². The molecule has 1 atom stereocenters. The summed E-state index contributed by atoms with van der Waals surface area (Å²) in [5.74, 6) is 0.785. The van der Waals surface area contributed by atoms with E-state index in [-0.39, 0.29) is 0 Å². The number of aryl methyl sites for hydroxylation is 2. The van der Waals surface area contributed by atoms with Crippen LogP contribution in [0.15, 0.2) is 24.3 Å². The molecule has 0 aliphatic rings. The Hall–Kier alpha value is -1.92. The summed E-state index contributed by atoms with van der Waals surface area (Å²) in [7, 11) is 0. The minimum absolute atomic E-state index is 0.416. The maximum Gasteiger partial charge on any atom is 0.204 e. The van der Waals surface area contributed by atoms with Crippen LogP contribution >= 0.6 is 11.3 Å². The zero-order valence-electron chi connectivity index (χ0n) is 13.0. The first-order valence-electron chi connectivity index (χ1n) is 7.34. The topological polar surface area (TPSA) is 63.0 Å². The number of imidazole rings is 1. The van der Waals surface area contributed by atoms with Gasteiger partial charge >= 0.3 is 0 Å². The van der Waals surface area contributed by atoms with E-state index in [4.69, 9.17) is 0 Å². The van der Waals surface area contributed by atoms with Crippen LogP contribution in [0, 0.1) is 13.8 Å². The number of thiazole rings is 1. The number of hydrogen-bond acceptors (Lipinski definition) is 5. The molecule has 6 heteroatoms. The lowest BCUT2D eigenvalue weighted by atomic mass is 10.3. The van der Waals surface area contributed by atoms with Crippen molar-refractivity contribution in [1.29, 1.82) is 0 Å². The normalized spacial score (nSPS) is 12.7. The molecule has 0 aliphatic heterocycles. The number of anilines is 1. The second-order valence-corrected chi connectivity index (χ2v) is 6.77. The van der Waals surface area contributed by atoms with E-state index in [0.29, 0.717) is 6.54 Å². The minimum Gasteiger partial charge on any atom is -0.392 e. The van der Waals surface area contributed by atoms with Crippen molar-refractivity contribution in [1.82, 2.24) is 14.5 Å². The fraction of sp³-hybridized carbons (Fsp3) is 0.375. The van der Waals surface area contributed by atoms with Gasteiger partial charge in [-0.1, -0.05) is 12.1 Å². The Morgan fingerprint density at radius 3 is 2.73 bits per heavy atom. The molecule has 2 N–H and O–H groups in total. The Bertz CT molecular complexity index is 791. The molecule has 0 fully saturated rings. The number of benzene rings is 1. The van der Waals surface area contributed by atoms with E-state index < -0.39 is 6.10 Å². The molecular formula is C16H20N4OS. The highest BCUT2D eigenvalue weighted by atomic mass is 32.1. The first-order chi connectivity index (χ1) is 10.5. The summed E-state index contributed by atoms with van der Waals surface area (Å²) >= 11 is 1.72. The summed E-state index contributed by atoms with van der Waals surface area (Å²) < 4.78 is 2.15. The monoisotopic (exact) mass is 316 g/mol. The van der Waals surface area contributed by atoms with Gasteiger partial charge in [0.15, 0.2) is 0 Å². The lowest BCUT2D eigenvalue weighted by molar-refractivity contribution is 0.208. The lowest BCUT2D eigenvalue weighted by Gasteiger charge is -2.11. The van der Waals surface area contributed by atoms with E-state index in [0.717, 1.165) is 34.2 Å². The van der Waals surface area contributed by atoms with Crippen LogP contribution in [0.2, 0.25) is 0 Å². The van der Waals surface area contributed by atoms with Crippen molar-refractivity contribution in [2.24, 2.45) is 0 Å². The lowest BCUT2D eigenvalue weighted by Crippen LogP contribution is -2.18. The Kier molecular flexibility index (Phi) is 4.13. The molecule has 0 saturated carbocycles. The summed E-state index contributed by atoms with van der Waals surface area (Å²) in [5, 5.41) is 13.8. The van der Waals surface area contributed by atoms with Crippen LogP contribution in [0.4, 0.5) is 5.95 Å². The van der Waals surface area contributed by atoms with Gasteiger partial charge in [0.25, 0.3) is 0 Å². The van der Waals surface area contributed by atoms with E-state index >= 15 is 0 Å². The molecule has 3 rings (SSSR count). The molecule has 3 aromatic rings. The van der Waals surface area contributed by atoms with Gasteiger partial charge in [0, 0.05) is 11.4 Å². The molecular weight excluding hydrogens is 296 g/mol. The van der Waals surface area contributed by atoms with Crippen molar-refractivity contribution < 1.29 is 5.11 Å². The van der Waals surface area contributed by atoms with Crippen LogP contribution in [0.25, 0.3) is 11.0 Å². The van der Waals surface area contributed by atoms with E-state index in [1.807, 2.05) is 32.0 Å². The van der Waals surface area contributed by atoms with Crippen LogP contribution in [0.5, 0.6) is 0 Å². The van der Waals surface area contributed by atoms with Crippen LogP contribution in [0.3, 0.4) is 0 Å². The van der Waals surface area contributed by atoms with E-state index in [1.54, 1.807) is 18.3 Å². The molecule has 0 spiro atoms. The number of para-hydroxylation sites is 2. The zero-order chi connectivity index (χ0) is 15.7. The highest BCUT2D eigenvalue weighted by Crippen LogP contribution is 2.25. The zero-order valence-corrected chi connectivity index (χ0v) is 13.8. The van der Waals surface area contributed by atoms with Gasteiger partial charge in [-0.2, -0.15) is 0 Å². The van der Waals surface area contributed by atoms with Crippen LogP contribution in [-0.4, -0.2) is 32.3 Å². The predicted octanol–water partition coefficient (Wildman–Crippen LogP) is 2.95. The van der Waals surface area contributed by atoms with Gasteiger partial charge in [-0.05, 0) is 32.9 Å². The summed E-state index contributed by atoms with van der Waals surface area (Å²) in [4.78, 5) is 10.4. The first-order valence-corrected chi connectivity index (χ1v) is 8.16. The quantitative estimate of drug-likeness (QED) is 0.759. The second kappa shape index (κ2) is 6.06. The maximum absolute atomic E-state index is 9.51. The molecule has 0 amide bonds. The average molecular weight is 316 g/mol. The molecule has 0 bridgehead atoms. The van der Waals surface area contributed by atoms with Crippen molar-refractivity contribution in [2.75, 3.05) is 11.9 Å². The van der Waals surface area contributed by atoms with Gasteiger partial charge in [0.2, 0.25) is 5.95 Å². The number of nitrogens with one attached hydrogen (secondary N) is 1. The van der Waals surface area contributed by atoms with Gasteiger partial charge in [-0.25, -0.2) is 9.97 Å². The van der Waals surface area contributed by atoms with Crippen LogP contribution in [-0.2, 0) is 6.54 Å². The number of fused-ring (bicyclic) bond motifs is 1. The minimum atomic E-state index is -0.416. The Balaban J connectivity index is 2.01. The number of aliphatic hydroxyl groups excluding tert-OH is 1. The highest BCUT2D eigenvalue weighted by Gasteiger charge is 2.14. The van der Waals surface area contributed by atoms with Crippen molar-refractivity contribution in [3.63, 3.8) is 0 Å². The van der Waals surface area contributed by atoms with Crippen molar-refractivity contribution in [3.05, 3.63) is 39.8 Å². The standard InChI is InChI=1S/C16H20N4OS/c1-10(21)8-17-16-19-13-6-4-5-7-14(13)20(16)9-15-11(2)18-12(3)22-15/h4-7,10,21H,8-9H2,1-3H3,(H,17,19). The van der Waals surface area contributed by atoms with Crippen LogP contribution < -0.4 is 5.32 Å². The molecule has 0 aliphatic carbocycles. The third kappa shape index (κ3) is 2.98. The number of nitrogens with zero attached hydrogens (tertiary/aromatic N) is 3. The van der Waals surface area contributed by atoms with Crippen molar-refractivity contribution in [3.8, 4) is 0 Å². The largest absolute Gasteiger partial charge is 0.392 e. The molecule has 2 aromatic heterocycles. The van der Waals surface area contributed by atoms with Crippen molar-refractivity contribution >= 4 is 28.3 Å². The second-order valence-electron chi connectivity index (χ2n) is 5.48. The molecule has 1 aromatic carbocycles. The van der Waals surface area contributed by atoms with Gasteiger partial charge in [-0.15, -0.1) is 11.3 Å². The fourth-order valence-corrected chi connectivity index (χ4v) is 3.40. The Labute approximate surface area is 133 Å². The van der Waals surface area contributed by atoms with E-state index in [2.05, 4.69) is 25.9 Å². The molecule has 1 unspecified atom stereocenters. The number of rotatable bonds is 5. The third-order valence-corrected chi connectivity index (χ3v) is 4.57. The maximum atomic E-state index is 9.51. The molecule has 116 valence electrons. The average Bonchev–Trinajstić information content (AvgIpc) is 2.98. The third-order valence-electron chi connectivity index (χ3n) is 3.51. The smallest absolute Gasteiger partial charge is 0.204 e. The molecule has 22 heavy (non-hydrogen) atoms.